The van der Waals surface area contributed by atoms with Gasteiger partial charge in [-0.25, -0.2) is 4.68 Å². The van der Waals surface area contributed by atoms with Gasteiger partial charge >= 0.3 is 0 Å². The van der Waals surface area contributed by atoms with Crippen molar-refractivity contribution in [3.8, 4) is 5.69 Å². The molecule has 2 aromatic rings. The number of carbonyl (C=O) groups excluding carboxylic acids is 2. The minimum atomic E-state index is -0.518. The summed E-state index contributed by atoms with van der Waals surface area (Å²) >= 11 is 0. The van der Waals surface area contributed by atoms with Crippen molar-refractivity contribution < 1.29 is 14.7 Å². The zero-order chi connectivity index (χ0) is 18.0. The van der Waals surface area contributed by atoms with Crippen molar-refractivity contribution in [3.63, 3.8) is 0 Å². The van der Waals surface area contributed by atoms with E-state index in [0.717, 1.165) is 18.5 Å². The van der Waals surface area contributed by atoms with Crippen molar-refractivity contribution in [3.05, 3.63) is 47.3 Å². The zero-order valence-electron chi connectivity index (χ0n) is 14.6. The van der Waals surface area contributed by atoms with Crippen LogP contribution in [0.15, 0.2) is 30.3 Å². The molecule has 1 N–H and O–H groups in total. The van der Waals surface area contributed by atoms with Crippen LogP contribution in [0.4, 0.5) is 0 Å². The Kier molecular flexibility index (Phi) is 4.99. The first-order valence-corrected chi connectivity index (χ1v) is 8.59. The van der Waals surface area contributed by atoms with E-state index in [0.29, 0.717) is 30.0 Å². The number of hydrogen-bond donors (Lipinski definition) is 1. The second-order valence-corrected chi connectivity index (χ2v) is 6.56. The normalized spacial score (nSPS) is 17.6. The molecule has 0 aliphatic carbocycles. The predicted molar refractivity (Wildman–Crippen MR) is 93.8 cm³/mol. The van der Waals surface area contributed by atoms with Crippen LogP contribution in [0, 0.1) is 19.8 Å². The zero-order valence-corrected chi connectivity index (χ0v) is 14.6. The van der Waals surface area contributed by atoms with Gasteiger partial charge in [0, 0.05) is 19.7 Å². The van der Waals surface area contributed by atoms with Gasteiger partial charge in [-0.2, -0.15) is 5.10 Å². The first kappa shape index (κ1) is 17.4. The van der Waals surface area contributed by atoms with Gasteiger partial charge < -0.3 is 10.0 Å². The minimum absolute atomic E-state index is 0.0436. The lowest BCUT2D eigenvalue weighted by atomic mass is 9.98. The Morgan fingerprint density at radius 1 is 1.24 bits per heavy atom. The monoisotopic (exact) mass is 341 g/mol. The maximum Gasteiger partial charge on any atom is 0.295 e. The highest BCUT2D eigenvalue weighted by atomic mass is 16.3. The smallest absolute Gasteiger partial charge is 0.295 e. The molecule has 1 fully saturated rings. The van der Waals surface area contributed by atoms with Crippen LogP contribution < -0.4 is 0 Å². The van der Waals surface area contributed by atoms with Crippen LogP contribution >= 0.6 is 0 Å². The quantitative estimate of drug-likeness (QED) is 0.681. The van der Waals surface area contributed by atoms with Crippen molar-refractivity contribution in [2.75, 3.05) is 19.7 Å². The van der Waals surface area contributed by atoms with Gasteiger partial charge in [-0.05, 0) is 44.7 Å². The Morgan fingerprint density at radius 3 is 2.64 bits per heavy atom. The molecular formula is C19H23N3O3. The molecule has 6 heteroatoms. The van der Waals surface area contributed by atoms with Crippen LogP contribution in [0.2, 0.25) is 0 Å². The third-order valence-electron chi connectivity index (χ3n) is 4.78. The number of ketones is 1. The molecule has 0 bridgehead atoms. The number of para-hydroxylation sites is 1. The standard InChI is InChI=1S/C19H23N3O3/c1-13-17(14(2)22(20-13)16-8-4-3-5-9-16)18(24)19(25)21-10-6-7-15(11-21)12-23/h3-5,8-9,15,23H,6-7,10-12H2,1-2H3. The molecule has 1 aliphatic rings. The molecule has 0 saturated carbocycles. The molecule has 25 heavy (non-hydrogen) atoms. The van der Waals surface area contributed by atoms with Gasteiger partial charge in [0.05, 0.1) is 22.6 Å². The number of piperidine rings is 1. The van der Waals surface area contributed by atoms with Crippen LogP contribution in [0.3, 0.4) is 0 Å². The summed E-state index contributed by atoms with van der Waals surface area (Å²) in [5, 5.41) is 13.8. The molecule has 0 radical (unpaired) electrons. The average molecular weight is 341 g/mol. The Morgan fingerprint density at radius 2 is 1.96 bits per heavy atom. The summed E-state index contributed by atoms with van der Waals surface area (Å²) in [6.07, 6.45) is 1.70. The summed E-state index contributed by atoms with van der Waals surface area (Å²) in [5.41, 5.74) is 2.45. The number of rotatable bonds is 4. The van der Waals surface area contributed by atoms with E-state index in [4.69, 9.17) is 0 Å². The number of nitrogens with zero attached hydrogens (tertiary/aromatic N) is 3. The third-order valence-corrected chi connectivity index (χ3v) is 4.78. The van der Waals surface area contributed by atoms with Crippen LogP contribution in [-0.2, 0) is 4.79 Å². The summed E-state index contributed by atoms with van der Waals surface area (Å²) in [4.78, 5) is 27.0. The number of Topliss-reactive ketones (excluding diaryl/α,β-unsaturated/α-hetero) is 1. The molecule has 132 valence electrons. The Labute approximate surface area is 147 Å². The molecule has 1 unspecified atom stereocenters. The fourth-order valence-electron chi connectivity index (χ4n) is 3.44. The van der Waals surface area contributed by atoms with E-state index in [1.165, 1.54) is 0 Å². The number of aliphatic hydroxyl groups is 1. The first-order chi connectivity index (χ1) is 12.0. The van der Waals surface area contributed by atoms with E-state index < -0.39 is 11.7 Å². The molecule has 1 saturated heterocycles. The average Bonchev–Trinajstić information content (AvgIpc) is 2.95. The van der Waals surface area contributed by atoms with Gasteiger partial charge in [0.2, 0.25) is 0 Å². The highest BCUT2D eigenvalue weighted by Gasteiger charge is 2.31. The largest absolute Gasteiger partial charge is 0.396 e. The van der Waals surface area contributed by atoms with Gasteiger partial charge in [-0.1, -0.05) is 18.2 Å². The number of aromatic nitrogens is 2. The molecule has 1 amide bonds. The molecule has 6 nitrogen and oxygen atoms in total. The lowest BCUT2D eigenvalue weighted by Gasteiger charge is -2.31. The summed E-state index contributed by atoms with van der Waals surface area (Å²) in [7, 11) is 0. The van der Waals surface area contributed by atoms with E-state index in [2.05, 4.69) is 5.10 Å². The Balaban J connectivity index is 1.87. The second kappa shape index (κ2) is 7.19. The summed E-state index contributed by atoms with van der Waals surface area (Å²) in [6.45, 7) is 4.60. The number of aliphatic hydroxyl groups excluding tert-OH is 1. The van der Waals surface area contributed by atoms with Gasteiger partial charge in [0.1, 0.15) is 0 Å². The van der Waals surface area contributed by atoms with E-state index in [-0.39, 0.29) is 12.5 Å². The molecular weight excluding hydrogens is 318 g/mol. The van der Waals surface area contributed by atoms with Crippen LogP contribution in [0.5, 0.6) is 0 Å². The summed E-state index contributed by atoms with van der Waals surface area (Å²) in [5.74, 6) is -0.965. The molecule has 1 atom stereocenters. The van der Waals surface area contributed by atoms with Crippen molar-refractivity contribution >= 4 is 11.7 Å². The Bertz CT molecular complexity index is 783. The van der Waals surface area contributed by atoms with Gasteiger partial charge in [0.15, 0.2) is 0 Å². The minimum Gasteiger partial charge on any atom is -0.396 e. The van der Waals surface area contributed by atoms with Crippen LogP contribution in [-0.4, -0.2) is 51.2 Å². The molecule has 1 aromatic carbocycles. The predicted octanol–water partition coefficient (Wildman–Crippen LogP) is 1.90. The second-order valence-electron chi connectivity index (χ2n) is 6.56. The van der Waals surface area contributed by atoms with Gasteiger partial charge in [-0.15, -0.1) is 0 Å². The fraction of sp³-hybridized carbons (Fsp3) is 0.421. The number of hydrogen-bond acceptors (Lipinski definition) is 4. The van der Waals surface area contributed by atoms with E-state index >= 15 is 0 Å². The van der Waals surface area contributed by atoms with Crippen molar-refractivity contribution in [2.45, 2.75) is 26.7 Å². The highest BCUT2D eigenvalue weighted by Crippen LogP contribution is 2.21. The van der Waals surface area contributed by atoms with Crippen LogP contribution in [0.1, 0.15) is 34.6 Å². The molecule has 1 aliphatic heterocycles. The maximum absolute atomic E-state index is 12.8. The number of amides is 1. The van der Waals surface area contributed by atoms with Gasteiger partial charge in [0.25, 0.3) is 11.7 Å². The van der Waals surface area contributed by atoms with E-state index in [1.54, 1.807) is 23.4 Å². The third kappa shape index (κ3) is 3.35. The maximum atomic E-state index is 12.8. The molecule has 2 heterocycles. The number of likely N-dealkylation sites (tertiary alicyclic amines) is 1. The van der Waals surface area contributed by atoms with Crippen molar-refractivity contribution in [2.24, 2.45) is 5.92 Å². The number of carbonyl (C=O) groups is 2. The van der Waals surface area contributed by atoms with Crippen LogP contribution in [0.25, 0.3) is 5.69 Å². The summed E-state index contributed by atoms with van der Waals surface area (Å²) < 4.78 is 1.70. The molecule has 1 aromatic heterocycles. The highest BCUT2D eigenvalue weighted by molar-refractivity contribution is 6.43. The molecule has 0 spiro atoms. The summed E-state index contributed by atoms with van der Waals surface area (Å²) in [6, 6.07) is 9.54. The topological polar surface area (TPSA) is 75.4 Å². The lowest BCUT2D eigenvalue weighted by Crippen LogP contribution is -2.44. The molecule has 3 rings (SSSR count). The first-order valence-electron chi connectivity index (χ1n) is 8.59. The lowest BCUT2D eigenvalue weighted by molar-refractivity contribution is -0.128. The van der Waals surface area contributed by atoms with E-state index in [9.17, 15) is 14.7 Å². The SMILES string of the molecule is Cc1nn(-c2ccccc2)c(C)c1C(=O)C(=O)N1CCCC(CO)C1. The fourth-order valence-corrected chi connectivity index (χ4v) is 3.44. The van der Waals surface area contributed by atoms with Gasteiger partial charge in [-0.3, -0.25) is 9.59 Å². The van der Waals surface area contributed by atoms with E-state index in [1.807, 2.05) is 30.3 Å². The number of aryl methyl sites for hydroxylation is 1. The van der Waals surface area contributed by atoms with Crippen molar-refractivity contribution in [1.29, 1.82) is 0 Å². The Hall–Kier alpha value is -2.47. The van der Waals surface area contributed by atoms with Crippen molar-refractivity contribution in [1.82, 2.24) is 14.7 Å². The number of benzene rings is 1.